The van der Waals surface area contributed by atoms with Crippen LogP contribution in [0, 0.1) is 6.92 Å². The Bertz CT molecular complexity index is 479. The molecule has 0 bridgehead atoms. The lowest BCUT2D eigenvalue weighted by Gasteiger charge is -2.00. The third-order valence-electron chi connectivity index (χ3n) is 2.15. The number of aryl methyl sites for hydroxylation is 1. The second-order valence-corrected chi connectivity index (χ2v) is 3.50. The van der Waals surface area contributed by atoms with Gasteiger partial charge in [0.2, 0.25) is 0 Å². The van der Waals surface area contributed by atoms with Crippen molar-refractivity contribution in [1.82, 2.24) is 15.0 Å². The SMILES string of the molecule is Cc1cnc(C(=O)Cc2cccnc2)cn1. The Labute approximate surface area is 93.4 Å². The molecule has 0 saturated heterocycles. The lowest BCUT2D eigenvalue weighted by atomic mass is 10.1. The van der Waals surface area contributed by atoms with Gasteiger partial charge in [0.15, 0.2) is 5.78 Å². The molecule has 0 saturated carbocycles. The van der Waals surface area contributed by atoms with Crippen LogP contribution in [0.15, 0.2) is 36.9 Å². The highest BCUT2D eigenvalue weighted by Gasteiger charge is 2.08. The predicted octanol–water partition coefficient (Wildman–Crippen LogP) is 1.61. The Morgan fingerprint density at radius 2 is 2.12 bits per heavy atom. The number of hydrogen-bond donors (Lipinski definition) is 0. The molecule has 0 spiro atoms. The number of hydrogen-bond acceptors (Lipinski definition) is 4. The predicted molar refractivity (Wildman–Crippen MR) is 59.0 cm³/mol. The summed E-state index contributed by atoms with van der Waals surface area (Å²) in [6, 6.07) is 3.68. The van der Waals surface area contributed by atoms with Crippen molar-refractivity contribution in [2.24, 2.45) is 0 Å². The summed E-state index contributed by atoms with van der Waals surface area (Å²) in [6.07, 6.45) is 6.77. The molecule has 0 atom stereocenters. The average Bonchev–Trinajstić information content (AvgIpc) is 2.31. The molecule has 0 aliphatic heterocycles. The Morgan fingerprint density at radius 1 is 1.25 bits per heavy atom. The number of rotatable bonds is 3. The Balaban J connectivity index is 2.12. The number of carbonyl (C=O) groups is 1. The molecule has 0 aliphatic carbocycles. The first-order chi connectivity index (χ1) is 7.75. The van der Waals surface area contributed by atoms with E-state index in [1.54, 1.807) is 18.6 Å². The third kappa shape index (κ3) is 2.48. The van der Waals surface area contributed by atoms with E-state index in [0.29, 0.717) is 12.1 Å². The first kappa shape index (κ1) is 10.4. The molecule has 80 valence electrons. The van der Waals surface area contributed by atoms with Gasteiger partial charge in [0.05, 0.1) is 11.9 Å². The molecule has 0 unspecified atom stereocenters. The largest absolute Gasteiger partial charge is 0.292 e. The zero-order chi connectivity index (χ0) is 11.4. The van der Waals surface area contributed by atoms with Gasteiger partial charge in [-0.1, -0.05) is 6.07 Å². The minimum atomic E-state index is -0.0412. The fourth-order valence-corrected chi connectivity index (χ4v) is 1.32. The minimum absolute atomic E-state index is 0.0412. The maximum atomic E-state index is 11.8. The average molecular weight is 213 g/mol. The molecule has 0 N–H and O–H groups in total. The minimum Gasteiger partial charge on any atom is -0.292 e. The van der Waals surface area contributed by atoms with Gasteiger partial charge in [0, 0.05) is 25.0 Å². The molecule has 4 nitrogen and oxygen atoms in total. The lowest BCUT2D eigenvalue weighted by molar-refractivity contribution is 0.0987. The number of nitrogens with zero attached hydrogens (tertiary/aromatic N) is 3. The van der Waals surface area contributed by atoms with Crippen LogP contribution in [0.3, 0.4) is 0 Å². The van der Waals surface area contributed by atoms with Gasteiger partial charge in [-0.25, -0.2) is 4.98 Å². The van der Waals surface area contributed by atoms with Crippen LogP contribution in [0.1, 0.15) is 21.7 Å². The van der Waals surface area contributed by atoms with Crippen LogP contribution in [0.4, 0.5) is 0 Å². The molecule has 16 heavy (non-hydrogen) atoms. The van der Waals surface area contributed by atoms with Crippen LogP contribution >= 0.6 is 0 Å². The van der Waals surface area contributed by atoms with E-state index < -0.39 is 0 Å². The second-order valence-electron chi connectivity index (χ2n) is 3.50. The smallest absolute Gasteiger partial charge is 0.187 e. The molecule has 2 aromatic heterocycles. The first-order valence-electron chi connectivity index (χ1n) is 4.96. The Hall–Kier alpha value is -2.10. The molecule has 0 radical (unpaired) electrons. The standard InChI is InChI=1S/C12H11N3O/c1-9-6-15-11(8-14-9)12(16)5-10-3-2-4-13-7-10/h2-4,6-8H,5H2,1H3. The lowest BCUT2D eigenvalue weighted by Crippen LogP contribution is -2.06. The molecular weight excluding hydrogens is 202 g/mol. The summed E-state index contributed by atoms with van der Waals surface area (Å²) in [5.41, 5.74) is 2.09. The molecule has 0 aromatic carbocycles. The maximum Gasteiger partial charge on any atom is 0.187 e. The van der Waals surface area contributed by atoms with Gasteiger partial charge in [0.1, 0.15) is 5.69 Å². The van der Waals surface area contributed by atoms with E-state index in [1.807, 2.05) is 19.1 Å². The molecule has 0 fully saturated rings. The van der Waals surface area contributed by atoms with Gasteiger partial charge in [-0.15, -0.1) is 0 Å². The van der Waals surface area contributed by atoms with Crippen LogP contribution in [0.25, 0.3) is 0 Å². The quantitative estimate of drug-likeness (QED) is 0.727. The number of aromatic nitrogens is 3. The van der Waals surface area contributed by atoms with Crippen molar-refractivity contribution in [3.8, 4) is 0 Å². The summed E-state index contributed by atoms with van der Waals surface area (Å²) < 4.78 is 0. The summed E-state index contributed by atoms with van der Waals surface area (Å²) in [6.45, 7) is 1.84. The Kier molecular flexibility index (Phi) is 3.00. The molecule has 4 heteroatoms. The summed E-state index contributed by atoms with van der Waals surface area (Å²) in [7, 11) is 0. The van der Waals surface area contributed by atoms with Crippen molar-refractivity contribution in [2.75, 3.05) is 0 Å². The van der Waals surface area contributed by atoms with Crippen molar-refractivity contribution < 1.29 is 4.79 Å². The van der Waals surface area contributed by atoms with Crippen LogP contribution in [0.2, 0.25) is 0 Å². The number of ketones is 1. The fourth-order valence-electron chi connectivity index (χ4n) is 1.32. The normalized spacial score (nSPS) is 10.1. The van der Waals surface area contributed by atoms with Gasteiger partial charge in [-0.05, 0) is 18.6 Å². The molecule has 2 rings (SSSR count). The zero-order valence-electron chi connectivity index (χ0n) is 8.92. The molecule has 2 aromatic rings. The van der Waals surface area contributed by atoms with E-state index in [4.69, 9.17) is 0 Å². The number of carbonyl (C=O) groups excluding carboxylic acids is 1. The van der Waals surface area contributed by atoms with Gasteiger partial charge in [-0.2, -0.15) is 0 Å². The monoisotopic (exact) mass is 213 g/mol. The van der Waals surface area contributed by atoms with Crippen molar-refractivity contribution >= 4 is 5.78 Å². The van der Waals surface area contributed by atoms with Crippen LogP contribution in [0.5, 0.6) is 0 Å². The van der Waals surface area contributed by atoms with Crippen molar-refractivity contribution in [1.29, 1.82) is 0 Å². The van der Waals surface area contributed by atoms with Gasteiger partial charge in [-0.3, -0.25) is 14.8 Å². The van der Waals surface area contributed by atoms with E-state index in [2.05, 4.69) is 15.0 Å². The topological polar surface area (TPSA) is 55.7 Å². The van der Waals surface area contributed by atoms with Crippen LogP contribution < -0.4 is 0 Å². The van der Waals surface area contributed by atoms with Crippen molar-refractivity contribution in [3.63, 3.8) is 0 Å². The summed E-state index contributed by atoms with van der Waals surface area (Å²) in [5.74, 6) is -0.0412. The molecule has 0 amide bonds. The highest BCUT2D eigenvalue weighted by molar-refractivity contribution is 5.95. The number of Topliss-reactive ketones (excluding diaryl/α,β-unsaturated/α-hetero) is 1. The van der Waals surface area contributed by atoms with E-state index in [1.165, 1.54) is 6.20 Å². The van der Waals surface area contributed by atoms with Crippen LogP contribution in [-0.4, -0.2) is 20.7 Å². The summed E-state index contributed by atoms with van der Waals surface area (Å²) in [5, 5.41) is 0. The van der Waals surface area contributed by atoms with Crippen LogP contribution in [-0.2, 0) is 6.42 Å². The number of pyridine rings is 1. The summed E-state index contributed by atoms with van der Waals surface area (Å²) in [4.78, 5) is 23.8. The highest BCUT2D eigenvalue weighted by Crippen LogP contribution is 2.03. The third-order valence-corrected chi connectivity index (χ3v) is 2.15. The first-order valence-corrected chi connectivity index (χ1v) is 4.96. The van der Waals surface area contributed by atoms with E-state index in [-0.39, 0.29) is 5.78 Å². The molecule has 2 heterocycles. The van der Waals surface area contributed by atoms with E-state index in [0.717, 1.165) is 11.3 Å². The van der Waals surface area contributed by atoms with Gasteiger partial charge >= 0.3 is 0 Å². The summed E-state index contributed by atoms with van der Waals surface area (Å²) >= 11 is 0. The fraction of sp³-hybridized carbons (Fsp3) is 0.167. The van der Waals surface area contributed by atoms with Gasteiger partial charge < -0.3 is 0 Å². The van der Waals surface area contributed by atoms with Gasteiger partial charge in [0.25, 0.3) is 0 Å². The van der Waals surface area contributed by atoms with Crippen molar-refractivity contribution in [2.45, 2.75) is 13.3 Å². The maximum absolute atomic E-state index is 11.8. The van der Waals surface area contributed by atoms with E-state index >= 15 is 0 Å². The van der Waals surface area contributed by atoms with E-state index in [9.17, 15) is 4.79 Å². The molecule has 0 aliphatic rings. The zero-order valence-corrected chi connectivity index (χ0v) is 8.92. The molecular formula is C12H11N3O. The highest BCUT2D eigenvalue weighted by atomic mass is 16.1. The second kappa shape index (κ2) is 4.61. The Morgan fingerprint density at radius 3 is 2.75 bits per heavy atom. The van der Waals surface area contributed by atoms with Crippen molar-refractivity contribution in [3.05, 3.63) is 53.9 Å².